The largest absolute Gasteiger partial charge is 0.493 e. The molecule has 4 aromatic rings. The van der Waals surface area contributed by atoms with Crippen LogP contribution in [0.1, 0.15) is 30.0 Å². The van der Waals surface area contributed by atoms with Gasteiger partial charge in [-0.2, -0.15) is 0 Å². The number of ether oxygens (including phenoxy) is 2. The van der Waals surface area contributed by atoms with Crippen molar-refractivity contribution in [2.24, 2.45) is 0 Å². The van der Waals surface area contributed by atoms with Gasteiger partial charge in [-0.3, -0.25) is 13.9 Å². The summed E-state index contributed by atoms with van der Waals surface area (Å²) in [6, 6.07) is 24.2. The summed E-state index contributed by atoms with van der Waals surface area (Å²) in [5.41, 5.74) is 2.40. The van der Waals surface area contributed by atoms with Gasteiger partial charge >= 0.3 is 0 Å². The number of methoxy groups -OCH3 is 2. The Balaban J connectivity index is 1.85. The number of amides is 2. The summed E-state index contributed by atoms with van der Waals surface area (Å²) < 4.78 is 40.5. The summed E-state index contributed by atoms with van der Waals surface area (Å²) in [7, 11) is -1.51. The molecule has 4 rings (SSSR count). The van der Waals surface area contributed by atoms with Crippen molar-refractivity contribution < 1.29 is 27.5 Å². The van der Waals surface area contributed by atoms with E-state index in [9.17, 15) is 18.0 Å². The number of rotatable bonds is 15. The first-order valence-corrected chi connectivity index (χ1v) is 17.5. The predicted molar refractivity (Wildman–Crippen MR) is 190 cm³/mol. The Kier molecular flexibility index (Phi) is 12.7. The number of hydrogen-bond acceptors (Lipinski definition) is 6. The molecule has 254 valence electrons. The lowest BCUT2D eigenvalue weighted by Gasteiger charge is -2.34. The van der Waals surface area contributed by atoms with Crippen LogP contribution in [0.2, 0.25) is 10.0 Å². The van der Waals surface area contributed by atoms with Crippen molar-refractivity contribution in [2.45, 2.75) is 44.2 Å². The third-order valence-electron chi connectivity index (χ3n) is 7.75. The van der Waals surface area contributed by atoms with Crippen molar-refractivity contribution in [2.75, 3.05) is 31.6 Å². The minimum atomic E-state index is -4.36. The highest BCUT2D eigenvalue weighted by atomic mass is 35.5. The summed E-state index contributed by atoms with van der Waals surface area (Å²) in [5.74, 6) is -0.469. The first-order chi connectivity index (χ1) is 23.0. The molecule has 12 heteroatoms. The van der Waals surface area contributed by atoms with Crippen LogP contribution in [-0.4, -0.2) is 58.5 Å². The van der Waals surface area contributed by atoms with Crippen LogP contribution in [0.15, 0.2) is 95.9 Å². The topological polar surface area (TPSA) is 105 Å². The van der Waals surface area contributed by atoms with E-state index < -0.39 is 28.5 Å². The molecule has 9 nitrogen and oxygen atoms in total. The lowest BCUT2D eigenvalue weighted by atomic mass is 10.0. The number of hydrogen-bond donors (Lipinski definition) is 1. The van der Waals surface area contributed by atoms with Gasteiger partial charge in [0, 0.05) is 41.2 Å². The first-order valence-electron chi connectivity index (χ1n) is 15.4. The number of aryl methyl sites for hydroxylation is 1. The molecule has 0 aromatic heterocycles. The number of carbonyl (C=O) groups is 2. The van der Waals surface area contributed by atoms with E-state index in [0.717, 1.165) is 15.4 Å². The maximum atomic E-state index is 14.6. The van der Waals surface area contributed by atoms with Gasteiger partial charge in [-0.05, 0) is 55.3 Å². The van der Waals surface area contributed by atoms with Crippen molar-refractivity contribution in [3.63, 3.8) is 0 Å². The second-order valence-electron chi connectivity index (χ2n) is 11.1. The number of benzene rings is 4. The molecule has 0 aliphatic carbocycles. The zero-order chi connectivity index (χ0) is 34.8. The fourth-order valence-electron chi connectivity index (χ4n) is 5.12. The average Bonchev–Trinajstić information content (AvgIpc) is 3.09. The van der Waals surface area contributed by atoms with E-state index >= 15 is 0 Å². The highest BCUT2D eigenvalue weighted by Crippen LogP contribution is 2.33. The van der Waals surface area contributed by atoms with Gasteiger partial charge in [-0.25, -0.2) is 8.42 Å². The van der Waals surface area contributed by atoms with E-state index in [2.05, 4.69) is 5.32 Å². The monoisotopic (exact) mass is 711 g/mol. The average molecular weight is 713 g/mol. The van der Waals surface area contributed by atoms with Crippen molar-refractivity contribution in [3.05, 3.63) is 118 Å². The lowest BCUT2D eigenvalue weighted by Crippen LogP contribution is -2.53. The number of carbonyl (C=O) groups excluding carboxylic acids is 2. The standard InChI is InChI=1S/C36H39Cl2N3O6S/c1-5-20-39-36(43)32(21-26-10-7-6-8-11-26)40(23-29-30(37)12-9-13-31(29)38)35(42)24-41(27-16-14-25(2)15-17-27)48(44,45)28-18-19-33(46-3)34(22-28)47-4/h6-19,22,32H,5,20-21,23-24H2,1-4H3,(H,39,43)/t32-/m0/s1. The zero-order valence-electron chi connectivity index (χ0n) is 27.3. The normalized spacial score (nSPS) is 11.8. The molecule has 0 bridgehead atoms. The second-order valence-corrected chi connectivity index (χ2v) is 13.8. The van der Waals surface area contributed by atoms with Crippen molar-refractivity contribution in [1.29, 1.82) is 0 Å². The summed E-state index contributed by atoms with van der Waals surface area (Å²) in [5, 5.41) is 3.53. The molecule has 0 unspecified atom stereocenters. The van der Waals surface area contributed by atoms with Crippen LogP contribution < -0.4 is 19.1 Å². The number of sulfonamides is 1. The van der Waals surface area contributed by atoms with E-state index in [1.807, 2.05) is 44.2 Å². The SMILES string of the molecule is CCCNC(=O)[C@H](Cc1ccccc1)N(Cc1c(Cl)cccc1Cl)C(=O)CN(c1ccc(C)cc1)S(=O)(=O)c1ccc(OC)c(OC)c1. The van der Waals surface area contributed by atoms with Crippen LogP contribution in [0.4, 0.5) is 5.69 Å². The van der Waals surface area contributed by atoms with Crippen LogP contribution in [-0.2, 0) is 32.6 Å². The lowest BCUT2D eigenvalue weighted by molar-refractivity contribution is -0.140. The molecular weight excluding hydrogens is 673 g/mol. The van der Waals surface area contributed by atoms with Crippen LogP contribution in [0, 0.1) is 6.92 Å². The molecular formula is C36H39Cl2N3O6S. The van der Waals surface area contributed by atoms with Gasteiger partial charge in [-0.15, -0.1) is 0 Å². The van der Waals surface area contributed by atoms with Crippen LogP contribution in [0.3, 0.4) is 0 Å². The van der Waals surface area contributed by atoms with E-state index in [4.69, 9.17) is 32.7 Å². The molecule has 0 heterocycles. The Morgan fingerprint density at radius 3 is 2.10 bits per heavy atom. The summed E-state index contributed by atoms with van der Waals surface area (Å²) in [4.78, 5) is 29.7. The minimum Gasteiger partial charge on any atom is -0.493 e. The van der Waals surface area contributed by atoms with Crippen LogP contribution >= 0.6 is 23.2 Å². The summed E-state index contributed by atoms with van der Waals surface area (Å²) in [6.07, 6.45) is 0.843. The van der Waals surface area contributed by atoms with Gasteiger partial charge in [0.15, 0.2) is 11.5 Å². The van der Waals surface area contributed by atoms with Gasteiger partial charge in [0.2, 0.25) is 11.8 Å². The Labute approximate surface area is 292 Å². The molecule has 0 spiro atoms. The molecule has 1 atom stereocenters. The molecule has 0 aliphatic rings. The van der Waals surface area contributed by atoms with Gasteiger partial charge in [0.05, 0.1) is 24.8 Å². The highest BCUT2D eigenvalue weighted by Gasteiger charge is 2.35. The second kappa shape index (κ2) is 16.7. The Morgan fingerprint density at radius 2 is 1.50 bits per heavy atom. The molecule has 0 radical (unpaired) electrons. The van der Waals surface area contributed by atoms with Crippen molar-refractivity contribution >= 4 is 50.7 Å². The number of nitrogens with zero attached hydrogens (tertiary/aromatic N) is 2. The minimum absolute atomic E-state index is 0.115. The predicted octanol–water partition coefficient (Wildman–Crippen LogP) is 6.68. The van der Waals surface area contributed by atoms with Gasteiger partial charge < -0.3 is 19.7 Å². The number of nitrogens with one attached hydrogen (secondary N) is 1. The van der Waals surface area contributed by atoms with E-state index in [-0.39, 0.29) is 35.2 Å². The fourth-order valence-corrected chi connectivity index (χ4v) is 7.06. The van der Waals surface area contributed by atoms with E-state index in [1.54, 1.807) is 42.5 Å². The Morgan fingerprint density at radius 1 is 0.854 bits per heavy atom. The van der Waals surface area contributed by atoms with E-state index in [1.165, 1.54) is 37.3 Å². The molecule has 1 N–H and O–H groups in total. The smallest absolute Gasteiger partial charge is 0.264 e. The van der Waals surface area contributed by atoms with Gasteiger partial charge in [0.25, 0.3) is 10.0 Å². The highest BCUT2D eigenvalue weighted by molar-refractivity contribution is 7.92. The van der Waals surface area contributed by atoms with Crippen LogP contribution in [0.25, 0.3) is 0 Å². The quantitative estimate of drug-likeness (QED) is 0.148. The zero-order valence-corrected chi connectivity index (χ0v) is 29.6. The van der Waals surface area contributed by atoms with Crippen LogP contribution in [0.5, 0.6) is 11.5 Å². The fraction of sp³-hybridized carbons (Fsp3) is 0.278. The first kappa shape index (κ1) is 36.6. The molecule has 48 heavy (non-hydrogen) atoms. The van der Waals surface area contributed by atoms with Gasteiger partial charge in [0.1, 0.15) is 12.6 Å². The molecule has 2 amide bonds. The third-order valence-corrected chi connectivity index (χ3v) is 10.2. The molecule has 0 fully saturated rings. The van der Waals surface area contributed by atoms with Gasteiger partial charge in [-0.1, -0.05) is 84.2 Å². The molecule has 4 aromatic carbocycles. The maximum Gasteiger partial charge on any atom is 0.264 e. The van der Waals surface area contributed by atoms with Crippen molar-refractivity contribution in [3.8, 4) is 11.5 Å². The van der Waals surface area contributed by atoms with E-state index in [0.29, 0.717) is 34.3 Å². The third kappa shape index (κ3) is 8.80. The maximum absolute atomic E-state index is 14.6. The number of halogens is 2. The molecule has 0 saturated heterocycles. The molecule has 0 saturated carbocycles. The summed E-state index contributed by atoms with van der Waals surface area (Å²) >= 11 is 13.2. The molecule has 0 aliphatic heterocycles. The summed E-state index contributed by atoms with van der Waals surface area (Å²) in [6.45, 7) is 3.42. The number of anilines is 1. The Bertz CT molecular complexity index is 1800. The Hall–Kier alpha value is -4.25. The van der Waals surface area contributed by atoms with Crippen molar-refractivity contribution in [1.82, 2.24) is 10.2 Å².